The van der Waals surface area contributed by atoms with Gasteiger partial charge in [0.05, 0.1) is 22.2 Å². The number of nitrogens with zero attached hydrogens (tertiary/aromatic N) is 3. The lowest BCUT2D eigenvalue weighted by Crippen LogP contribution is -2.33. The van der Waals surface area contributed by atoms with Crippen LogP contribution < -0.4 is 10.5 Å². The Hall–Kier alpha value is -3.41. The van der Waals surface area contributed by atoms with Crippen molar-refractivity contribution in [2.24, 2.45) is 5.73 Å². The summed E-state index contributed by atoms with van der Waals surface area (Å²) in [4.78, 5) is 22.3. The first kappa shape index (κ1) is 24.7. The summed E-state index contributed by atoms with van der Waals surface area (Å²) >= 11 is 6.34. The number of sulfonamides is 1. The standard InChI is InChI=1S/C23H23ClN4O6S/c1-27(19-3-2-4-20-17(19)12-26-28(20)13-22(29)30)35(32,33)16-9-10-21(18(24)11-16)34-15-7-5-14(6-8-15)23(25)31/h5-12,19H,2-4,13H2,1H3,(H2,25,31)(H,29,30)/t19-/m1/s1. The monoisotopic (exact) mass is 518 g/mol. The number of ether oxygens (including phenoxy) is 1. The second kappa shape index (κ2) is 9.68. The van der Waals surface area contributed by atoms with E-state index in [0.29, 0.717) is 36.1 Å². The molecule has 0 unspecified atom stereocenters. The van der Waals surface area contributed by atoms with E-state index in [9.17, 15) is 18.0 Å². The average molecular weight is 519 g/mol. The van der Waals surface area contributed by atoms with Crippen LogP contribution in [0.3, 0.4) is 0 Å². The van der Waals surface area contributed by atoms with Crippen molar-refractivity contribution in [3.05, 3.63) is 70.5 Å². The highest BCUT2D eigenvalue weighted by atomic mass is 35.5. The van der Waals surface area contributed by atoms with E-state index in [-0.39, 0.29) is 22.2 Å². The van der Waals surface area contributed by atoms with E-state index in [1.807, 2.05) is 0 Å². The fourth-order valence-corrected chi connectivity index (χ4v) is 5.79. The van der Waals surface area contributed by atoms with Crippen molar-refractivity contribution in [1.82, 2.24) is 14.1 Å². The number of hydrogen-bond donors (Lipinski definition) is 2. The van der Waals surface area contributed by atoms with Crippen LogP contribution in [0, 0.1) is 0 Å². The zero-order valence-corrected chi connectivity index (χ0v) is 20.3. The molecule has 0 radical (unpaired) electrons. The van der Waals surface area contributed by atoms with Gasteiger partial charge in [-0.25, -0.2) is 8.42 Å². The van der Waals surface area contributed by atoms with Gasteiger partial charge in [-0.05, 0) is 61.7 Å². The molecule has 184 valence electrons. The van der Waals surface area contributed by atoms with Crippen molar-refractivity contribution >= 4 is 33.5 Å². The molecular formula is C23H23ClN4O6S. The van der Waals surface area contributed by atoms with Crippen LogP contribution in [0.2, 0.25) is 5.02 Å². The molecule has 0 spiro atoms. The maximum Gasteiger partial charge on any atom is 0.325 e. The Morgan fingerprint density at radius 1 is 1.26 bits per heavy atom. The summed E-state index contributed by atoms with van der Waals surface area (Å²) < 4.78 is 35.2. The molecule has 10 nitrogen and oxygen atoms in total. The van der Waals surface area contributed by atoms with Crippen LogP contribution in [0.1, 0.15) is 40.5 Å². The minimum atomic E-state index is -3.93. The smallest absolute Gasteiger partial charge is 0.325 e. The van der Waals surface area contributed by atoms with Crippen molar-refractivity contribution < 1.29 is 27.9 Å². The third-order valence-electron chi connectivity index (χ3n) is 5.90. The van der Waals surface area contributed by atoms with Crippen molar-refractivity contribution in [3.63, 3.8) is 0 Å². The topological polar surface area (TPSA) is 145 Å². The first-order chi connectivity index (χ1) is 16.6. The van der Waals surface area contributed by atoms with E-state index in [1.165, 1.54) is 46.4 Å². The molecule has 0 saturated heterocycles. The summed E-state index contributed by atoms with van der Waals surface area (Å²) in [6, 6.07) is 9.83. The van der Waals surface area contributed by atoms with E-state index in [4.69, 9.17) is 27.2 Å². The average Bonchev–Trinajstić information content (AvgIpc) is 3.22. The number of aliphatic carboxylic acids is 1. The maximum atomic E-state index is 13.4. The highest BCUT2D eigenvalue weighted by Crippen LogP contribution is 2.38. The van der Waals surface area contributed by atoms with Crippen LogP contribution >= 0.6 is 11.6 Å². The first-order valence-corrected chi connectivity index (χ1v) is 12.5. The summed E-state index contributed by atoms with van der Waals surface area (Å²) in [5.41, 5.74) is 6.99. The molecule has 1 aliphatic carbocycles. The van der Waals surface area contributed by atoms with Crippen LogP contribution in [0.5, 0.6) is 11.5 Å². The predicted molar refractivity (Wildman–Crippen MR) is 127 cm³/mol. The van der Waals surface area contributed by atoms with Gasteiger partial charge in [-0.15, -0.1) is 0 Å². The Bertz CT molecular complexity index is 1390. The Balaban J connectivity index is 1.56. The summed E-state index contributed by atoms with van der Waals surface area (Å²) in [6.07, 6.45) is 3.45. The molecule has 0 aliphatic heterocycles. The molecule has 35 heavy (non-hydrogen) atoms. The number of hydrogen-bond acceptors (Lipinski definition) is 6. The number of carbonyl (C=O) groups excluding carboxylic acids is 1. The normalized spacial score (nSPS) is 15.6. The lowest BCUT2D eigenvalue weighted by molar-refractivity contribution is -0.137. The predicted octanol–water partition coefficient (Wildman–Crippen LogP) is 3.21. The van der Waals surface area contributed by atoms with Gasteiger partial charge in [-0.2, -0.15) is 9.40 Å². The lowest BCUT2D eigenvalue weighted by Gasteiger charge is -2.31. The number of primary amides is 1. The minimum absolute atomic E-state index is 0.00789. The number of amides is 1. The van der Waals surface area contributed by atoms with E-state index < -0.39 is 27.9 Å². The summed E-state index contributed by atoms with van der Waals surface area (Å²) in [5, 5.41) is 13.4. The third kappa shape index (κ3) is 5.02. The number of carbonyl (C=O) groups is 2. The molecule has 1 aliphatic rings. The maximum absolute atomic E-state index is 13.4. The molecule has 0 fully saturated rings. The number of aromatic nitrogens is 2. The van der Waals surface area contributed by atoms with Crippen LogP contribution in [0.25, 0.3) is 0 Å². The molecule has 1 amide bonds. The van der Waals surface area contributed by atoms with Crippen molar-refractivity contribution in [2.75, 3.05) is 7.05 Å². The van der Waals surface area contributed by atoms with E-state index >= 15 is 0 Å². The molecule has 3 aromatic rings. The minimum Gasteiger partial charge on any atom is -0.480 e. The van der Waals surface area contributed by atoms with Crippen molar-refractivity contribution in [3.8, 4) is 11.5 Å². The van der Waals surface area contributed by atoms with E-state index in [0.717, 1.165) is 5.69 Å². The molecule has 0 bridgehead atoms. The summed E-state index contributed by atoms with van der Waals surface area (Å²) in [6.45, 7) is -0.277. The molecule has 4 rings (SSSR count). The number of fused-ring (bicyclic) bond motifs is 1. The molecule has 1 atom stereocenters. The fourth-order valence-electron chi connectivity index (χ4n) is 4.11. The van der Waals surface area contributed by atoms with Gasteiger partial charge in [-0.3, -0.25) is 14.3 Å². The molecule has 12 heteroatoms. The molecular weight excluding hydrogens is 496 g/mol. The second-order valence-corrected chi connectivity index (χ2v) is 10.5. The zero-order chi connectivity index (χ0) is 25.3. The van der Waals surface area contributed by atoms with Gasteiger partial charge >= 0.3 is 5.97 Å². The number of nitrogens with two attached hydrogens (primary N) is 1. The summed E-state index contributed by atoms with van der Waals surface area (Å²) in [5.74, 6) is -0.930. The zero-order valence-electron chi connectivity index (χ0n) is 18.7. The molecule has 3 N–H and O–H groups in total. The van der Waals surface area contributed by atoms with Gasteiger partial charge < -0.3 is 15.6 Å². The highest BCUT2D eigenvalue weighted by molar-refractivity contribution is 7.89. The van der Waals surface area contributed by atoms with Gasteiger partial charge in [0.25, 0.3) is 0 Å². The van der Waals surface area contributed by atoms with Gasteiger partial charge in [0.2, 0.25) is 15.9 Å². The van der Waals surface area contributed by atoms with Gasteiger partial charge in [0, 0.05) is 23.9 Å². The van der Waals surface area contributed by atoms with E-state index in [1.54, 1.807) is 18.3 Å². The van der Waals surface area contributed by atoms with Gasteiger partial charge in [0.15, 0.2) is 0 Å². The number of rotatable bonds is 8. The molecule has 2 aromatic carbocycles. The van der Waals surface area contributed by atoms with Crippen LogP contribution in [0.4, 0.5) is 0 Å². The van der Waals surface area contributed by atoms with Crippen LogP contribution in [-0.4, -0.2) is 46.5 Å². The SMILES string of the molecule is CN([C@@H]1CCCc2c1cnn2CC(=O)O)S(=O)(=O)c1ccc(Oc2ccc(C(N)=O)cc2)c(Cl)c1. The summed E-state index contributed by atoms with van der Waals surface area (Å²) in [7, 11) is -2.45. The van der Waals surface area contributed by atoms with Crippen molar-refractivity contribution in [1.29, 1.82) is 0 Å². The number of halogens is 1. The Kier molecular flexibility index (Phi) is 6.84. The third-order valence-corrected chi connectivity index (χ3v) is 8.06. The Labute approximate surface area is 206 Å². The quantitative estimate of drug-likeness (QED) is 0.465. The fraction of sp³-hybridized carbons (Fsp3) is 0.261. The second-order valence-electron chi connectivity index (χ2n) is 8.11. The Morgan fingerprint density at radius 3 is 2.60 bits per heavy atom. The number of carboxylic acids is 1. The van der Waals surface area contributed by atoms with Gasteiger partial charge in [0.1, 0.15) is 18.0 Å². The highest BCUT2D eigenvalue weighted by Gasteiger charge is 2.34. The first-order valence-electron chi connectivity index (χ1n) is 10.7. The Morgan fingerprint density at radius 2 is 1.97 bits per heavy atom. The van der Waals surface area contributed by atoms with Gasteiger partial charge in [-0.1, -0.05) is 11.6 Å². The largest absolute Gasteiger partial charge is 0.480 e. The molecule has 1 heterocycles. The van der Waals surface area contributed by atoms with Crippen LogP contribution in [0.15, 0.2) is 53.6 Å². The molecule has 0 saturated carbocycles. The lowest BCUT2D eigenvalue weighted by atomic mass is 9.93. The van der Waals surface area contributed by atoms with Crippen LogP contribution in [-0.2, 0) is 27.8 Å². The van der Waals surface area contributed by atoms with Crippen molar-refractivity contribution in [2.45, 2.75) is 36.7 Å². The number of benzene rings is 2. The van der Waals surface area contributed by atoms with E-state index in [2.05, 4.69) is 5.10 Å². The molecule has 1 aromatic heterocycles. The number of carboxylic acid groups (broad SMARTS) is 1.